The predicted molar refractivity (Wildman–Crippen MR) is 127 cm³/mol. The number of anilines is 3. The van der Waals surface area contributed by atoms with E-state index in [0.29, 0.717) is 38.7 Å². The molecule has 0 bridgehead atoms. The average molecular weight is 471 g/mol. The van der Waals surface area contributed by atoms with Crippen molar-refractivity contribution >= 4 is 45.5 Å². The van der Waals surface area contributed by atoms with Crippen LogP contribution in [0.25, 0.3) is 5.70 Å². The van der Waals surface area contributed by atoms with Gasteiger partial charge in [-0.2, -0.15) is 0 Å². The minimum Gasteiger partial charge on any atom is -0.396 e. The fourth-order valence-corrected chi connectivity index (χ4v) is 3.47. The number of hydrazine groups is 1. The molecule has 0 aliphatic carbocycles. The van der Waals surface area contributed by atoms with Gasteiger partial charge in [0.2, 0.25) is 5.91 Å². The van der Waals surface area contributed by atoms with Crippen molar-refractivity contribution in [1.29, 1.82) is 0 Å². The molecule has 0 saturated carbocycles. The molecule has 3 heterocycles. The van der Waals surface area contributed by atoms with E-state index in [1.54, 1.807) is 19.1 Å². The van der Waals surface area contributed by atoms with Crippen LogP contribution in [-0.2, 0) is 10.2 Å². The second-order valence-electron chi connectivity index (χ2n) is 8.31. The molecule has 0 aliphatic heterocycles. The van der Waals surface area contributed by atoms with Gasteiger partial charge < -0.3 is 20.9 Å². The first-order chi connectivity index (χ1) is 15.4. The lowest BCUT2D eigenvalue weighted by atomic mass is 9.93. The normalized spacial score (nSPS) is 11.9. The Bertz CT molecular complexity index is 1210. The number of rotatable bonds is 6. The molecule has 0 saturated heterocycles. The number of aryl methyl sites for hydroxylation is 1. The number of aromatic nitrogens is 3. The van der Waals surface area contributed by atoms with E-state index in [-0.39, 0.29) is 16.9 Å². The molecule has 0 radical (unpaired) electrons. The maximum Gasteiger partial charge on any atom is 0.258 e. The SMILES string of the molecule is CC(=O)Nc1ncc(/C(N)=C/N(N)c2cc(C(=O)Nc3cc(C(C)(C)C)on3)cnc2C)s1. The van der Waals surface area contributed by atoms with Gasteiger partial charge >= 0.3 is 0 Å². The number of nitrogens with one attached hydrogen (secondary N) is 2. The largest absolute Gasteiger partial charge is 0.396 e. The second kappa shape index (κ2) is 9.38. The summed E-state index contributed by atoms with van der Waals surface area (Å²) in [6.45, 7) is 9.11. The molecule has 0 spiro atoms. The second-order valence-corrected chi connectivity index (χ2v) is 9.34. The zero-order chi connectivity index (χ0) is 24.3. The maximum absolute atomic E-state index is 12.7. The van der Waals surface area contributed by atoms with Gasteiger partial charge in [0, 0.05) is 37.0 Å². The van der Waals surface area contributed by atoms with Crippen LogP contribution in [0.5, 0.6) is 0 Å². The smallest absolute Gasteiger partial charge is 0.258 e. The molecule has 11 nitrogen and oxygen atoms in total. The van der Waals surface area contributed by atoms with Crippen LogP contribution < -0.4 is 27.2 Å². The summed E-state index contributed by atoms with van der Waals surface area (Å²) in [5.74, 6) is 6.51. The predicted octanol–water partition coefficient (Wildman–Crippen LogP) is 2.98. The maximum atomic E-state index is 12.7. The van der Waals surface area contributed by atoms with Crippen LogP contribution in [0.15, 0.2) is 35.2 Å². The van der Waals surface area contributed by atoms with E-state index in [9.17, 15) is 9.59 Å². The highest BCUT2D eigenvalue weighted by molar-refractivity contribution is 7.16. The van der Waals surface area contributed by atoms with Crippen LogP contribution in [0, 0.1) is 6.92 Å². The third-order valence-corrected chi connectivity index (χ3v) is 5.40. The van der Waals surface area contributed by atoms with Gasteiger partial charge in [-0.15, -0.1) is 0 Å². The first-order valence-corrected chi connectivity index (χ1v) is 10.8. The Morgan fingerprint density at radius 3 is 2.55 bits per heavy atom. The fraction of sp³-hybridized carbons (Fsp3) is 0.286. The highest BCUT2D eigenvalue weighted by Gasteiger charge is 2.21. The van der Waals surface area contributed by atoms with Crippen LogP contribution >= 0.6 is 11.3 Å². The first-order valence-electron chi connectivity index (χ1n) is 9.94. The number of thiazole rings is 1. The Morgan fingerprint density at radius 1 is 1.18 bits per heavy atom. The molecule has 0 aromatic carbocycles. The van der Waals surface area contributed by atoms with Gasteiger partial charge in [0.15, 0.2) is 10.9 Å². The highest BCUT2D eigenvalue weighted by Crippen LogP contribution is 2.26. The molecule has 0 fully saturated rings. The zero-order valence-electron chi connectivity index (χ0n) is 19.0. The van der Waals surface area contributed by atoms with E-state index in [1.807, 2.05) is 20.8 Å². The van der Waals surface area contributed by atoms with Crippen molar-refractivity contribution in [2.45, 2.75) is 40.0 Å². The topological polar surface area (TPSA) is 165 Å². The van der Waals surface area contributed by atoms with Gasteiger partial charge in [-0.1, -0.05) is 37.3 Å². The van der Waals surface area contributed by atoms with Gasteiger partial charge in [-0.25, -0.2) is 10.8 Å². The van der Waals surface area contributed by atoms with Gasteiger partial charge in [0.25, 0.3) is 5.91 Å². The van der Waals surface area contributed by atoms with E-state index in [0.717, 1.165) is 0 Å². The Balaban J connectivity index is 1.78. The molecule has 0 unspecified atom stereocenters. The number of carbonyl (C=O) groups excluding carboxylic acids is 2. The van der Waals surface area contributed by atoms with Crippen molar-refractivity contribution in [2.24, 2.45) is 11.6 Å². The van der Waals surface area contributed by atoms with E-state index >= 15 is 0 Å². The molecular weight excluding hydrogens is 444 g/mol. The molecule has 3 aromatic heterocycles. The molecule has 33 heavy (non-hydrogen) atoms. The first kappa shape index (κ1) is 23.9. The zero-order valence-corrected chi connectivity index (χ0v) is 19.8. The minimum atomic E-state index is -0.412. The summed E-state index contributed by atoms with van der Waals surface area (Å²) in [5.41, 5.74) is 7.60. The molecule has 2 amide bonds. The van der Waals surface area contributed by atoms with Crippen LogP contribution in [-0.4, -0.2) is 26.9 Å². The van der Waals surface area contributed by atoms with Gasteiger partial charge in [-0.3, -0.25) is 19.6 Å². The van der Waals surface area contributed by atoms with Gasteiger partial charge in [0.1, 0.15) is 5.76 Å². The van der Waals surface area contributed by atoms with Crippen molar-refractivity contribution < 1.29 is 14.1 Å². The number of nitrogens with two attached hydrogens (primary N) is 2. The summed E-state index contributed by atoms with van der Waals surface area (Å²) < 4.78 is 5.30. The van der Waals surface area contributed by atoms with Crippen molar-refractivity contribution in [1.82, 2.24) is 15.1 Å². The number of pyridine rings is 1. The van der Waals surface area contributed by atoms with Crippen LogP contribution in [0.3, 0.4) is 0 Å². The van der Waals surface area contributed by atoms with E-state index in [2.05, 4.69) is 25.8 Å². The lowest BCUT2D eigenvalue weighted by Crippen LogP contribution is -2.27. The van der Waals surface area contributed by atoms with Gasteiger partial charge in [-0.05, 0) is 13.0 Å². The Morgan fingerprint density at radius 2 is 1.91 bits per heavy atom. The highest BCUT2D eigenvalue weighted by atomic mass is 32.1. The molecule has 0 aliphatic rings. The molecule has 12 heteroatoms. The number of carbonyl (C=O) groups is 2. The van der Waals surface area contributed by atoms with Crippen molar-refractivity contribution in [3.05, 3.63) is 52.6 Å². The summed E-state index contributed by atoms with van der Waals surface area (Å²) in [7, 11) is 0. The average Bonchev–Trinajstić information content (AvgIpc) is 3.37. The quantitative estimate of drug-likeness (QED) is 0.313. The molecule has 0 atom stereocenters. The number of hydrogen-bond donors (Lipinski definition) is 4. The summed E-state index contributed by atoms with van der Waals surface area (Å²) in [6.07, 6.45) is 4.47. The van der Waals surface area contributed by atoms with Crippen LogP contribution in [0.2, 0.25) is 0 Å². The van der Waals surface area contributed by atoms with Crippen LogP contribution in [0.1, 0.15) is 54.4 Å². The standard InChI is InChI=1S/C21H26N8O3S/c1-11-15(29(23)10-14(22)16-9-25-20(33-16)26-12(2)30)6-13(8-24-11)19(31)27-18-7-17(32-28-18)21(3,4)5/h6-10H,22-23H2,1-5H3,(H,25,26,30)(H,27,28,31)/b14-10-. The Labute approximate surface area is 194 Å². The monoisotopic (exact) mass is 470 g/mol. The minimum absolute atomic E-state index is 0.226. The summed E-state index contributed by atoms with van der Waals surface area (Å²) >= 11 is 1.21. The van der Waals surface area contributed by atoms with Crippen molar-refractivity contribution in [3.8, 4) is 0 Å². The number of amides is 2. The molecule has 3 rings (SSSR count). The molecule has 6 N–H and O–H groups in total. The third kappa shape index (κ3) is 5.93. The number of nitrogens with zero attached hydrogens (tertiary/aromatic N) is 4. The van der Waals surface area contributed by atoms with E-state index < -0.39 is 5.91 Å². The number of hydrogen-bond acceptors (Lipinski definition) is 10. The lowest BCUT2D eigenvalue weighted by Gasteiger charge is -2.17. The van der Waals surface area contributed by atoms with Crippen LogP contribution in [0.4, 0.5) is 16.6 Å². The molecule has 174 valence electrons. The summed E-state index contributed by atoms with van der Waals surface area (Å²) in [4.78, 5) is 32.9. The Hall–Kier alpha value is -3.77. The van der Waals surface area contributed by atoms with Crippen molar-refractivity contribution in [3.63, 3.8) is 0 Å². The van der Waals surface area contributed by atoms with E-state index in [4.69, 9.17) is 16.1 Å². The van der Waals surface area contributed by atoms with Crippen molar-refractivity contribution in [2.75, 3.05) is 15.6 Å². The Kier molecular flexibility index (Phi) is 6.79. The molecule has 3 aromatic rings. The fourth-order valence-electron chi connectivity index (χ4n) is 2.68. The third-order valence-electron chi connectivity index (χ3n) is 4.44. The summed E-state index contributed by atoms with van der Waals surface area (Å²) in [6, 6.07) is 3.28. The van der Waals surface area contributed by atoms with E-state index in [1.165, 1.54) is 41.9 Å². The van der Waals surface area contributed by atoms with Gasteiger partial charge in [0.05, 0.1) is 27.5 Å². The summed E-state index contributed by atoms with van der Waals surface area (Å²) in [5, 5.41) is 10.9. The lowest BCUT2D eigenvalue weighted by molar-refractivity contribution is -0.114. The molecular formula is C21H26N8O3S.